The number of amides is 2. The van der Waals surface area contributed by atoms with Crippen LogP contribution in [0.4, 0.5) is 11.4 Å². The summed E-state index contributed by atoms with van der Waals surface area (Å²) in [6.45, 7) is 4.47. The summed E-state index contributed by atoms with van der Waals surface area (Å²) < 4.78 is 0. The maximum absolute atomic E-state index is 12.2. The van der Waals surface area contributed by atoms with Gasteiger partial charge in [0.25, 0.3) is 0 Å². The topological polar surface area (TPSA) is 87.5 Å². The number of hydrogen-bond acceptors (Lipinski definition) is 4. The summed E-state index contributed by atoms with van der Waals surface area (Å²) in [5, 5.41) is 5.73. The summed E-state index contributed by atoms with van der Waals surface area (Å²) in [7, 11) is 0. The molecular formula is C18H28N4O2. The lowest BCUT2D eigenvalue weighted by Crippen LogP contribution is -2.33. The largest absolute Gasteiger partial charge is 0.330 e. The summed E-state index contributed by atoms with van der Waals surface area (Å²) in [6.07, 6.45) is 4.82. The first kappa shape index (κ1) is 18.4. The van der Waals surface area contributed by atoms with E-state index < -0.39 is 0 Å². The van der Waals surface area contributed by atoms with Crippen LogP contribution in [0.5, 0.6) is 0 Å². The fourth-order valence-electron chi connectivity index (χ4n) is 2.75. The number of nitrogens with one attached hydrogen (secondary N) is 2. The Kier molecular flexibility index (Phi) is 7.21. The molecule has 6 heteroatoms. The fraction of sp³-hybridized carbons (Fsp3) is 0.556. The minimum Gasteiger partial charge on any atom is -0.330 e. The standard InChI is InChI=1S/C18H28N4O2/c1-14(12-19)18(24)21-16-8-6-7-15(11-16)20-17(23)13-22-9-4-2-3-5-10-22/h6-8,11,14H,2-5,9-10,12-13,19H2,1H3,(H,20,23)(H,21,24). The summed E-state index contributed by atoms with van der Waals surface area (Å²) in [5.74, 6) is -0.382. The third-order valence-corrected chi connectivity index (χ3v) is 4.28. The summed E-state index contributed by atoms with van der Waals surface area (Å²) in [4.78, 5) is 26.3. The van der Waals surface area contributed by atoms with Crippen LogP contribution in [0, 0.1) is 5.92 Å². The molecule has 132 valence electrons. The van der Waals surface area contributed by atoms with E-state index in [0.29, 0.717) is 24.5 Å². The third-order valence-electron chi connectivity index (χ3n) is 4.28. The molecule has 4 N–H and O–H groups in total. The first-order valence-electron chi connectivity index (χ1n) is 8.71. The number of rotatable bonds is 6. The third kappa shape index (κ3) is 5.94. The molecule has 2 rings (SSSR count). The summed E-state index contributed by atoms with van der Waals surface area (Å²) in [6, 6.07) is 7.19. The molecule has 2 amide bonds. The van der Waals surface area contributed by atoms with Crippen molar-refractivity contribution in [2.45, 2.75) is 32.6 Å². The Morgan fingerprint density at radius 3 is 2.38 bits per heavy atom. The van der Waals surface area contributed by atoms with Crippen molar-refractivity contribution in [3.05, 3.63) is 24.3 Å². The van der Waals surface area contributed by atoms with Crippen LogP contribution in [0.2, 0.25) is 0 Å². The van der Waals surface area contributed by atoms with Crippen LogP contribution in [0.1, 0.15) is 32.6 Å². The van der Waals surface area contributed by atoms with Crippen LogP contribution in [0.15, 0.2) is 24.3 Å². The SMILES string of the molecule is CC(CN)C(=O)Nc1cccc(NC(=O)CN2CCCCCC2)c1. The lowest BCUT2D eigenvalue weighted by Gasteiger charge is -2.19. The first-order valence-corrected chi connectivity index (χ1v) is 8.71. The van der Waals surface area contributed by atoms with Crippen molar-refractivity contribution in [3.8, 4) is 0 Å². The smallest absolute Gasteiger partial charge is 0.238 e. The number of likely N-dealkylation sites (tertiary alicyclic amines) is 1. The van der Waals surface area contributed by atoms with Crippen LogP contribution in [0.3, 0.4) is 0 Å². The maximum Gasteiger partial charge on any atom is 0.238 e. The van der Waals surface area contributed by atoms with Crippen LogP contribution >= 0.6 is 0 Å². The highest BCUT2D eigenvalue weighted by Gasteiger charge is 2.14. The van der Waals surface area contributed by atoms with Crippen molar-refractivity contribution in [2.24, 2.45) is 11.7 Å². The van der Waals surface area contributed by atoms with Gasteiger partial charge < -0.3 is 16.4 Å². The fourth-order valence-corrected chi connectivity index (χ4v) is 2.75. The first-order chi connectivity index (χ1) is 11.6. The number of nitrogens with two attached hydrogens (primary N) is 1. The molecule has 1 saturated heterocycles. The van der Waals surface area contributed by atoms with Crippen molar-refractivity contribution in [3.63, 3.8) is 0 Å². The molecule has 0 radical (unpaired) electrons. The second-order valence-corrected chi connectivity index (χ2v) is 6.45. The van der Waals surface area contributed by atoms with Gasteiger partial charge in [0, 0.05) is 23.8 Å². The average Bonchev–Trinajstić information content (AvgIpc) is 2.82. The summed E-state index contributed by atoms with van der Waals surface area (Å²) >= 11 is 0. The Hall–Kier alpha value is -1.92. The minimum absolute atomic E-state index is 0.0179. The maximum atomic E-state index is 12.2. The monoisotopic (exact) mass is 332 g/mol. The molecule has 1 fully saturated rings. The molecule has 6 nitrogen and oxygen atoms in total. The van der Waals surface area contributed by atoms with Gasteiger partial charge >= 0.3 is 0 Å². The highest BCUT2D eigenvalue weighted by molar-refractivity contribution is 5.95. The predicted molar refractivity (Wildman–Crippen MR) is 96.8 cm³/mol. The molecule has 0 spiro atoms. The van der Waals surface area contributed by atoms with Crippen LogP contribution in [-0.4, -0.2) is 42.9 Å². The second kappa shape index (κ2) is 9.39. The normalized spacial score (nSPS) is 16.9. The van der Waals surface area contributed by atoms with E-state index in [1.165, 1.54) is 12.8 Å². The zero-order valence-corrected chi connectivity index (χ0v) is 14.4. The Bertz CT molecular complexity index is 554. The Balaban J connectivity index is 1.88. The lowest BCUT2D eigenvalue weighted by atomic mass is 10.1. The van der Waals surface area contributed by atoms with Gasteiger partial charge in [-0.15, -0.1) is 0 Å². The van der Waals surface area contributed by atoms with Crippen LogP contribution in [-0.2, 0) is 9.59 Å². The average molecular weight is 332 g/mol. The zero-order chi connectivity index (χ0) is 17.4. The second-order valence-electron chi connectivity index (χ2n) is 6.45. The predicted octanol–water partition coefficient (Wildman–Crippen LogP) is 2.03. The van der Waals surface area contributed by atoms with Crippen molar-refractivity contribution >= 4 is 23.2 Å². The van der Waals surface area contributed by atoms with Gasteiger partial charge in [-0.2, -0.15) is 0 Å². The molecule has 0 aromatic heterocycles. The molecule has 1 unspecified atom stereocenters. The molecule has 1 aliphatic heterocycles. The number of benzene rings is 1. The van der Waals surface area contributed by atoms with E-state index in [0.717, 1.165) is 25.9 Å². The molecule has 0 aliphatic carbocycles. The van der Waals surface area contributed by atoms with Crippen LogP contribution < -0.4 is 16.4 Å². The van der Waals surface area contributed by atoms with Gasteiger partial charge in [-0.1, -0.05) is 25.8 Å². The van der Waals surface area contributed by atoms with Gasteiger partial charge in [-0.05, 0) is 44.1 Å². The van der Waals surface area contributed by atoms with E-state index in [4.69, 9.17) is 5.73 Å². The minimum atomic E-state index is -0.244. The number of carbonyl (C=O) groups is 2. The molecule has 1 aromatic rings. The molecule has 24 heavy (non-hydrogen) atoms. The van der Waals surface area contributed by atoms with Crippen molar-refractivity contribution in [1.29, 1.82) is 0 Å². The van der Waals surface area contributed by atoms with E-state index in [9.17, 15) is 9.59 Å². The van der Waals surface area contributed by atoms with Crippen LogP contribution in [0.25, 0.3) is 0 Å². The lowest BCUT2D eigenvalue weighted by molar-refractivity contribution is -0.119. The Labute approximate surface area is 143 Å². The van der Waals surface area contributed by atoms with Crippen molar-refractivity contribution < 1.29 is 9.59 Å². The Morgan fingerprint density at radius 1 is 1.12 bits per heavy atom. The molecule has 1 aromatic carbocycles. The quantitative estimate of drug-likeness (QED) is 0.744. The van der Waals surface area contributed by atoms with E-state index in [1.54, 1.807) is 19.1 Å². The van der Waals surface area contributed by atoms with E-state index >= 15 is 0 Å². The molecule has 1 atom stereocenters. The molecule has 0 bridgehead atoms. The zero-order valence-electron chi connectivity index (χ0n) is 14.4. The number of hydrogen-bond donors (Lipinski definition) is 3. The van der Waals surface area contributed by atoms with Crippen molar-refractivity contribution in [1.82, 2.24) is 4.90 Å². The van der Waals surface area contributed by atoms with Gasteiger partial charge in [0.1, 0.15) is 0 Å². The van der Waals surface area contributed by atoms with Gasteiger partial charge in [-0.3, -0.25) is 14.5 Å². The molecule has 1 heterocycles. The van der Waals surface area contributed by atoms with Gasteiger partial charge in [0.05, 0.1) is 6.54 Å². The highest BCUT2D eigenvalue weighted by Crippen LogP contribution is 2.16. The van der Waals surface area contributed by atoms with Gasteiger partial charge in [-0.25, -0.2) is 0 Å². The van der Waals surface area contributed by atoms with E-state index in [2.05, 4.69) is 15.5 Å². The van der Waals surface area contributed by atoms with E-state index in [1.807, 2.05) is 12.1 Å². The number of anilines is 2. The molecular weight excluding hydrogens is 304 g/mol. The van der Waals surface area contributed by atoms with Gasteiger partial charge in [0.2, 0.25) is 11.8 Å². The number of carbonyl (C=O) groups excluding carboxylic acids is 2. The molecule has 0 saturated carbocycles. The highest BCUT2D eigenvalue weighted by atomic mass is 16.2. The molecule has 1 aliphatic rings. The van der Waals surface area contributed by atoms with Gasteiger partial charge in [0.15, 0.2) is 0 Å². The van der Waals surface area contributed by atoms with E-state index in [-0.39, 0.29) is 17.7 Å². The van der Waals surface area contributed by atoms with Crippen molar-refractivity contribution in [2.75, 3.05) is 36.8 Å². The number of nitrogens with zero attached hydrogens (tertiary/aromatic N) is 1. The Morgan fingerprint density at radius 2 is 1.75 bits per heavy atom. The summed E-state index contributed by atoms with van der Waals surface area (Å²) in [5.41, 5.74) is 6.85.